The second kappa shape index (κ2) is 13.4. The van der Waals surface area contributed by atoms with Gasteiger partial charge in [-0.05, 0) is 78.2 Å². The molecule has 10 nitrogen and oxygen atoms in total. The van der Waals surface area contributed by atoms with Gasteiger partial charge in [0.15, 0.2) is 11.5 Å². The lowest BCUT2D eigenvalue weighted by Gasteiger charge is -2.28. The van der Waals surface area contributed by atoms with Crippen LogP contribution in [0.1, 0.15) is 34.0 Å². The van der Waals surface area contributed by atoms with Crippen LogP contribution in [0.2, 0.25) is 5.02 Å². The van der Waals surface area contributed by atoms with E-state index in [4.69, 9.17) is 21.1 Å². The Morgan fingerprint density at radius 3 is 2.59 bits per heavy atom. The summed E-state index contributed by atoms with van der Waals surface area (Å²) < 4.78 is 39.2. The number of fused-ring (bicyclic) bond motifs is 1. The molecule has 2 heterocycles. The van der Waals surface area contributed by atoms with Crippen molar-refractivity contribution in [2.24, 2.45) is 0 Å². The lowest BCUT2D eigenvalue weighted by atomic mass is 10.0. The summed E-state index contributed by atoms with van der Waals surface area (Å²) in [7, 11) is -2.47. The van der Waals surface area contributed by atoms with Crippen LogP contribution in [0.3, 0.4) is 0 Å². The summed E-state index contributed by atoms with van der Waals surface area (Å²) >= 11 is 7.10. The highest BCUT2D eigenvalue weighted by molar-refractivity contribution is 8.18. The Bertz CT molecular complexity index is 1760. The fourth-order valence-electron chi connectivity index (χ4n) is 4.93. The largest absolute Gasteiger partial charge is 0.493 e. The third kappa shape index (κ3) is 6.63. The fraction of sp³-hybridized carbons (Fsp3) is 0.258. The van der Waals surface area contributed by atoms with E-state index >= 15 is 0 Å². The van der Waals surface area contributed by atoms with Crippen LogP contribution in [0.4, 0.5) is 4.79 Å². The molecule has 0 radical (unpaired) electrons. The van der Waals surface area contributed by atoms with Crippen LogP contribution in [-0.4, -0.2) is 68.0 Å². The van der Waals surface area contributed by atoms with Crippen molar-refractivity contribution >= 4 is 56.5 Å². The summed E-state index contributed by atoms with van der Waals surface area (Å²) in [5.41, 5.74) is 2.77. The molecule has 0 bridgehead atoms. The number of methoxy groups -OCH3 is 1. The Kier molecular flexibility index (Phi) is 9.64. The van der Waals surface area contributed by atoms with E-state index in [1.54, 1.807) is 24.3 Å². The molecular weight excluding hydrogens is 626 g/mol. The van der Waals surface area contributed by atoms with Crippen LogP contribution in [0, 0.1) is 0 Å². The zero-order chi connectivity index (χ0) is 31.4. The Labute approximate surface area is 265 Å². The van der Waals surface area contributed by atoms with Gasteiger partial charge < -0.3 is 14.8 Å². The summed E-state index contributed by atoms with van der Waals surface area (Å²) in [4.78, 5) is 39.7. The maximum absolute atomic E-state index is 13.5. The Hall–Kier alpha value is -3.84. The number of nitrogens with zero attached hydrogens (tertiary/aromatic N) is 2. The minimum absolute atomic E-state index is 0.00941. The molecule has 0 aliphatic carbocycles. The van der Waals surface area contributed by atoms with Gasteiger partial charge in [-0.2, -0.15) is 4.31 Å². The van der Waals surface area contributed by atoms with Crippen molar-refractivity contribution in [1.29, 1.82) is 0 Å². The van der Waals surface area contributed by atoms with E-state index < -0.39 is 27.1 Å². The van der Waals surface area contributed by atoms with Gasteiger partial charge in [0.2, 0.25) is 10.0 Å². The maximum atomic E-state index is 13.5. The molecule has 1 fully saturated rings. The number of thioether (sulfide) groups is 1. The number of carbonyl (C=O) groups excluding carboxylic acids is 3. The van der Waals surface area contributed by atoms with Crippen LogP contribution < -0.4 is 14.8 Å². The number of sulfonamides is 1. The van der Waals surface area contributed by atoms with Gasteiger partial charge in [-0.3, -0.25) is 19.3 Å². The first-order valence-electron chi connectivity index (χ1n) is 13.8. The number of ether oxygens (including phenoxy) is 2. The molecule has 2 aliphatic rings. The van der Waals surface area contributed by atoms with Crippen molar-refractivity contribution in [3.8, 4) is 11.5 Å². The first kappa shape index (κ1) is 31.6. The highest BCUT2D eigenvalue weighted by Gasteiger charge is 2.35. The van der Waals surface area contributed by atoms with Crippen molar-refractivity contribution in [2.45, 2.75) is 24.8 Å². The van der Waals surface area contributed by atoms with E-state index in [9.17, 15) is 22.8 Å². The smallest absolute Gasteiger partial charge is 0.293 e. The molecule has 0 unspecified atom stereocenters. The number of nitrogens with one attached hydrogen (secondary N) is 1. The molecule has 0 spiro atoms. The standard InChI is InChI=1S/C31H30ClN3O7S2/c1-3-42-25-11-8-20(16-26(25)41-2)17-27-30(37)35(31(38)43-27)15-13-33-29(36)22-9-10-24(32)28(18-22)44(39,40)34-14-12-21-6-4-5-7-23(21)19-34/h4-11,16-18H,3,12-15,19H2,1-2H3,(H,33,36). The number of rotatable bonds is 10. The molecule has 1 saturated heterocycles. The molecule has 2 aliphatic heterocycles. The van der Waals surface area contributed by atoms with Gasteiger partial charge in [0.1, 0.15) is 4.90 Å². The summed E-state index contributed by atoms with van der Waals surface area (Å²) in [6.45, 7) is 2.74. The maximum Gasteiger partial charge on any atom is 0.293 e. The lowest BCUT2D eigenvalue weighted by Crippen LogP contribution is -2.37. The minimum Gasteiger partial charge on any atom is -0.493 e. The molecule has 3 amide bonds. The Balaban J connectivity index is 1.22. The fourth-order valence-corrected chi connectivity index (χ4v) is 7.72. The van der Waals surface area contributed by atoms with Crippen molar-refractivity contribution in [3.05, 3.63) is 92.8 Å². The minimum atomic E-state index is -3.98. The molecule has 3 aromatic carbocycles. The van der Waals surface area contributed by atoms with E-state index in [-0.39, 0.29) is 40.0 Å². The zero-order valence-electron chi connectivity index (χ0n) is 24.0. The zero-order valence-corrected chi connectivity index (χ0v) is 26.4. The molecule has 5 rings (SSSR count). The number of hydrogen-bond donors (Lipinski definition) is 1. The summed E-state index contributed by atoms with van der Waals surface area (Å²) in [5.74, 6) is 0.0248. The Morgan fingerprint density at radius 2 is 1.84 bits per heavy atom. The molecule has 0 aromatic heterocycles. The van der Waals surface area contributed by atoms with Gasteiger partial charge in [0, 0.05) is 31.7 Å². The quantitative estimate of drug-likeness (QED) is 0.304. The van der Waals surface area contributed by atoms with E-state index in [0.717, 1.165) is 27.8 Å². The number of benzene rings is 3. The molecule has 13 heteroatoms. The number of carbonyl (C=O) groups is 3. The van der Waals surface area contributed by atoms with Crippen molar-refractivity contribution in [2.75, 3.05) is 33.4 Å². The average Bonchev–Trinajstić information content (AvgIpc) is 3.28. The third-order valence-corrected chi connectivity index (χ3v) is 10.4. The Morgan fingerprint density at radius 1 is 1.07 bits per heavy atom. The van der Waals surface area contributed by atoms with Crippen molar-refractivity contribution in [3.63, 3.8) is 0 Å². The van der Waals surface area contributed by atoms with E-state index in [1.165, 1.54) is 29.6 Å². The molecule has 0 saturated carbocycles. The molecule has 1 N–H and O–H groups in total. The van der Waals surface area contributed by atoms with Gasteiger partial charge in [0.25, 0.3) is 17.1 Å². The van der Waals surface area contributed by atoms with Gasteiger partial charge in [-0.25, -0.2) is 8.42 Å². The lowest BCUT2D eigenvalue weighted by molar-refractivity contribution is -0.122. The van der Waals surface area contributed by atoms with Gasteiger partial charge >= 0.3 is 0 Å². The third-order valence-electron chi connectivity index (χ3n) is 7.19. The summed E-state index contributed by atoms with van der Waals surface area (Å²) in [6, 6.07) is 16.9. The van der Waals surface area contributed by atoms with Gasteiger partial charge in [-0.1, -0.05) is 41.9 Å². The topological polar surface area (TPSA) is 122 Å². The number of imide groups is 1. The second-order valence-corrected chi connectivity index (χ2v) is 13.2. The van der Waals surface area contributed by atoms with Crippen LogP contribution in [0.5, 0.6) is 11.5 Å². The SMILES string of the molecule is CCOc1ccc(C=C2SC(=O)N(CCNC(=O)c3ccc(Cl)c(S(=O)(=O)N4CCc5ccccc5C4)c3)C2=O)cc1OC. The van der Waals surface area contributed by atoms with Crippen LogP contribution >= 0.6 is 23.4 Å². The van der Waals surface area contributed by atoms with Gasteiger partial charge in [0.05, 0.1) is 23.6 Å². The van der Waals surface area contributed by atoms with E-state index in [1.807, 2.05) is 31.2 Å². The highest BCUT2D eigenvalue weighted by atomic mass is 35.5. The van der Waals surface area contributed by atoms with Crippen molar-refractivity contribution < 1.29 is 32.3 Å². The summed E-state index contributed by atoms with van der Waals surface area (Å²) in [6.07, 6.45) is 2.17. The molecular formula is C31H30ClN3O7S2. The van der Waals surface area contributed by atoms with Crippen LogP contribution in [0.15, 0.2) is 70.5 Å². The van der Waals surface area contributed by atoms with Crippen molar-refractivity contribution in [1.82, 2.24) is 14.5 Å². The second-order valence-electron chi connectivity index (χ2n) is 9.94. The normalized spacial score (nSPS) is 16.2. The summed E-state index contributed by atoms with van der Waals surface area (Å²) in [5, 5.41) is 2.21. The van der Waals surface area contributed by atoms with E-state index in [0.29, 0.717) is 36.6 Å². The monoisotopic (exact) mass is 655 g/mol. The predicted octanol–water partition coefficient (Wildman–Crippen LogP) is 4.96. The number of amides is 3. The molecule has 3 aromatic rings. The van der Waals surface area contributed by atoms with E-state index in [2.05, 4.69) is 5.32 Å². The van der Waals surface area contributed by atoms with Crippen LogP contribution in [0.25, 0.3) is 6.08 Å². The van der Waals surface area contributed by atoms with Crippen LogP contribution in [-0.2, 0) is 27.8 Å². The predicted molar refractivity (Wildman–Crippen MR) is 168 cm³/mol. The van der Waals surface area contributed by atoms with Gasteiger partial charge in [-0.15, -0.1) is 0 Å². The molecule has 230 valence electrons. The number of halogens is 1. The highest BCUT2D eigenvalue weighted by Crippen LogP contribution is 2.35. The molecule has 44 heavy (non-hydrogen) atoms. The molecule has 0 atom stereocenters. The first-order chi connectivity index (χ1) is 21.1. The average molecular weight is 656 g/mol. The number of hydrogen-bond acceptors (Lipinski definition) is 8. The first-order valence-corrected chi connectivity index (χ1v) is 16.5.